The fourth-order valence-electron chi connectivity index (χ4n) is 2.60. The second kappa shape index (κ2) is 6.26. The number of aryl methyl sites for hydroxylation is 1. The summed E-state index contributed by atoms with van der Waals surface area (Å²) in [5.74, 6) is 2.40. The molecule has 1 atom stereocenters. The van der Waals surface area contributed by atoms with Crippen molar-refractivity contribution in [2.75, 3.05) is 14.2 Å². The van der Waals surface area contributed by atoms with E-state index in [2.05, 4.69) is 31.5 Å². The van der Waals surface area contributed by atoms with Gasteiger partial charge in [0.15, 0.2) is 0 Å². The van der Waals surface area contributed by atoms with Crippen molar-refractivity contribution in [1.82, 2.24) is 9.55 Å². The predicted octanol–water partition coefficient (Wildman–Crippen LogP) is 3.96. The molecule has 0 bridgehead atoms. The number of ether oxygens (including phenoxy) is 2. The first-order valence-electron chi connectivity index (χ1n) is 7.38. The number of allylic oxidation sites excluding steroid dienone is 1. The van der Waals surface area contributed by atoms with Crippen LogP contribution in [0, 0.1) is 0 Å². The normalized spacial score (nSPS) is 13.5. The maximum Gasteiger partial charge on any atom is 0.143 e. The van der Waals surface area contributed by atoms with Crippen molar-refractivity contribution < 1.29 is 9.47 Å². The Morgan fingerprint density at radius 2 is 2.05 bits per heavy atom. The van der Waals surface area contributed by atoms with Gasteiger partial charge in [-0.2, -0.15) is 0 Å². The third kappa shape index (κ3) is 2.61. The first-order valence-corrected chi connectivity index (χ1v) is 7.38. The summed E-state index contributed by atoms with van der Waals surface area (Å²) in [6, 6.07) is 3.95. The lowest BCUT2D eigenvalue weighted by molar-refractivity contribution is 0.392. The lowest BCUT2D eigenvalue weighted by Crippen LogP contribution is -2.19. The van der Waals surface area contributed by atoms with E-state index >= 15 is 0 Å². The van der Waals surface area contributed by atoms with Gasteiger partial charge in [0, 0.05) is 30.9 Å². The summed E-state index contributed by atoms with van der Waals surface area (Å²) in [6.45, 7) is 8.34. The number of aromatic nitrogens is 2. The number of hydrogen-bond donors (Lipinski definition) is 0. The Hall–Kier alpha value is -2.23. The van der Waals surface area contributed by atoms with Crippen LogP contribution < -0.4 is 9.47 Å². The monoisotopic (exact) mass is 300 g/mol. The van der Waals surface area contributed by atoms with Crippen LogP contribution in [0.1, 0.15) is 25.8 Å². The summed E-state index contributed by atoms with van der Waals surface area (Å²) in [5, 5.41) is 0. The second-order valence-electron chi connectivity index (χ2n) is 5.59. The minimum Gasteiger partial charge on any atom is -0.497 e. The molecule has 0 amide bonds. The first-order chi connectivity index (χ1) is 10.5. The SMILES string of the molecule is C=CC(C)(CC)c1cc(OC)cc(OC)c1-c1nccn1C. The molecular weight excluding hydrogens is 276 g/mol. The quantitative estimate of drug-likeness (QED) is 0.758. The number of methoxy groups -OCH3 is 2. The summed E-state index contributed by atoms with van der Waals surface area (Å²) in [5.41, 5.74) is 1.90. The fraction of sp³-hybridized carbons (Fsp3) is 0.389. The molecule has 4 heteroatoms. The molecule has 0 aliphatic carbocycles. The molecule has 0 saturated heterocycles. The number of rotatable bonds is 6. The summed E-state index contributed by atoms with van der Waals surface area (Å²) in [4.78, 5) is 4.50. The minimum absolute atomic E-state index is 0.191. The Bertz CT molecular complexity index is 676. The van der Waals surface area contributed by atoms with Gasteiger partial charge >= 0.3 is 0 Å². The summed E-state index contributed by atoms with van der Waals surface area (Å²) in [7, 11) is 5.31. The molecule has 2 aromatic rings. The molecule has 0 radical (unpaired) electrons. The smallest absolute Gasteiger partial charge is 0.143 e. The van der Waals surface area contributed by atoms with Crippen molar-refractivity contribution in [2.45, 2.75) is 25.7 Å². The third-order valence-corrected chi connectivity index (χ3v) is 4.38. The molecule has 1 aromatic carbocycles. The molecule has 0 spiro atoms. The van der Waals surface area contributed by atoms with Crippen LogP contribution in [-0.4, -0.2) is 23.8 Å². The number of benzene rings is 1. The van der Waals surface area contributed by atoms with Gasteiger partial charge in [-0.3, -0.25) is 0 Å². The maximum absolute atomic E-state index is 5.62. The topological polar surface area (TPSA) is 36.3 Å². The minimum atomic E-state index is -0.191. The van der Waals surface area contributed by atoms with Crippen LogP contribution in [-0.2, 0) is 12.5 Å². The van der Waals surface area contributed by atoms with E-state index in [0.717, 1.165) is 34.9 Å². The van der Waals surface area contributed by atoms with Gasteiger partial charge in [0.2, 0.25) is 0 Å². The Kier molecular flexibility index (Phi) is 4.59. The van der Waals surface area contributed by atoms with E-state index < -0.39 is 0 Å². The van der Waals surface area contributed by atoms with Crippen LogP contribution in [0.3, 0.4) is 0 Å². The van der Waals surface area contributed by atoms with Crippen LogP contribution in [0.5, 0.6) is 11.5 Å². The highest BCUT2D eigenvalue weighted by Crippen LogP contribution is 2.43. The molecule has 1 heterocycles. The molecule has 2 rings (SSSR count). The molecule has 4 nitrogen and oxygen atoms in total. The number of imidazole rings is 1. The van der Waals surface area contributed by atoms with Crippen LogP contribution in [0.15, 0.2) is 37.2 Å². The van der Waals surface area contributed by atoms with Gasteiger partial charge in [0.25, 0.3) is 0 Å². The van der Waals surface area contributed by atoms with Gasteiger partial charge in [0.1, 0.15) is 17.3 Å². The highest BCUT2D eigenvalue weighted by Gasteiger charge is 2.29. The summed E-state index contributed by atoms with van der Waals surface area (Å²) >= 11 is 0. The zero-order chi connectivity index (χ0) is 16.3. The van der Waals surface area contributed by atoms with Crippen LogP contribution in [0.4, 0.5) is 0 Å². The Labute approximate surface area is 132 Å². The Morgan fingerprint density at radius 3 is 2.50 bits per heavy atom. The van der Waals surface area contributed by atoms with Crippen LogP contribution in [0.25, 0.3) is 11.4 Å². The van der Waals surface area contributed by atoms with Gasteiger partial charge in [-0.15, -0.1) is 6.58 Å². The molecule has 22 heavy (non-hydrogen) atoms. The second-order valence-corrected chi connectivity index (χ2v) is 5.59. The zero-order valence-electron chi connectivity index (χ0n) is 14.0. The zero-order valence-corrected chi connectivity index (χ0v) is 14.0. The van der Waals surface area contributed by atoms with Crippen molar-refractivity contribution >= 4 is 0 Å². The van der Waals surface area contributed by atoms with E-state index in [1.165, 1.54) is 0 Å². The molecule has 0 aliphatic heterocycles. The highest BCUT2D eigenvalue weighted by atomic mass is 16.5. The molecule has 0 saturated carbocycles. The van der Waals surface area contributed by atoms with Gasteiger partial charge in [-0.1, -0.05) is 19.9 Å². The van der Waals surface area contributed by atoms with Gasteiger partial charge < -0.3 is 14.0 Å². The van der Waals surface area contributed by atoms with Gasteiger partial charge in [0.05, 0.1) is 19.8 Å². The summed E-state index contributed by atoms with van der Waals surface area (Å²) < 4.78 is 13.1. The van der Waals surface area contributed by atoms with Crippen LogP contribution in [0.2, 0.25) is 0 Å². The molecule has 1 aromatic heterocycles. The molecule has 0 aliphatic rings. The van der Waals surface area contributed by atoms with Crippen molar-refractivity contribution in [3.05, 3.63) is 42.7 Å². The standard InChI is InChI=1S/C18H24N2O2/c1-7-18(3,8-2)14-11-13(21-5)12-15(22-6)16(14)17-19-9-10-20(17)4/h7,9-12H,1,8H2,2-6H3. The molecule has 1 unspecified atom stereocenters. The van der Waals surface area contributed by atoms with Gasteiger partial charge in [-0.25, -0.2) is 4.98 Å². The number of nitrogens with zero attached hydrogens (tertiary/aromatic N) is 2. The van der Waals surface area contributed by atoms with E-state index in [1.807, 2.05) is 30.0 Å². The Balaban J connectivity index is 2.84. The average molecular weight is 300 g/mol. The fourth-order valence-corrected chi connectivity index (χ4v) is 2.60. The van der Waals surface area contributed by atoms with E-state index in [1.54, 1.807) is 20.4 Å². The lowest BCUT2D eigenvalue weighted by Gasteiger charge is -2.29. The van der Waals surface area contributed by atoms with E-state index in [4.69, 9.17) is 9.47 Å². The number of hydrogen-bond acceptors (Lipinski definition) is 3. The molecular formula is C18H24N2O2. The van der Waals surface area contributed by atoms with Crippen LogP contribution >= 0.6 is 0 Å². The first kappa shape index (κ1) is 16.1. The highest BCUT2D eigenvalue weighted by molar-refractivity contribution is 5.73. The van der Waals surface area contributed by atoms with Crippen molar-refractivity contribution in [3.8, 4) is 22.9 Å². The average Bonchev–Trinajstić information content (AvgIpc) is 2.98. The maximum atomic E-state index is 5.62. The van der Waals surface area contributed by atoms with E-state index in [9.17, 15) is 0 Å². The molecule has 118 valence electrons. The van der Waals surface area contributed by atoms with E-state index in [-0.39, 0.29) is 5.41 Å². The van der Waals surface area contributed by atoms with E-state index in [0.29, 0.717) is 0 Å². The summed E-state index contributed by atoms with van der Waals surface area (Å²) in [6.07, 6.45) is 6.62. The largest absolute Gasteiger partial charge is 0.497 e. The predicted molar refractivity (Wildman–Crippen MR) is 89.6 cm³/mol. The molecule has 0 N–H and O–H groups in total. The van der Waals surface area contributed by atoms with Crippen molar-refractivity contribution in [2.24, 2.45) is 7.05 Å². The Morgan fingerprint density at radius 1 is 1.32 bits per heavy atom. The van der Waals surface area contributed by atoms with Crippen molar-refractivity contribution in [3.63, 3.8) is 0 Å². The molecule has 0 fully saturated rings. The third-order valence-electron chi connectivity index (χ3n) is 4.38. The lowest BCUT2D eigenvalue weighted by atomic mass is 9.77. The van der Waals surface area contributed by atoms with Crippen molar-refractivity contribution in [1.29, 1.82) is 0 Å². The van der Waals surface area contributed by atoms with Gasteiger partial charge in [-0.05, 0) is 18.1 Å².